The highest BCUT2D eigenvalue weighted by atomic mass is 35.5. The van der Waals surface area contributed by atoms with Crippen molar-refractivity contribution in [3.8, 4) is 6.07 Å². The van der Waals surface area contributed by atoms with E-state index in [2.05, 4.69) is 4.98 Å². The molecule has 1 aromatic heterocycles. The van der Waals surface area contributed by atoms with Crippen LogP contribution in [0.5, 0.6) is 0 Å². The minimum Gasteiger partial charge on any atom is -0.336 e. The van der Waals surface area contributed by atoms with Gasteiger partial charge in [0.05, 0.1) is 22.1 Å². The highest BCUT2D eigenvalue weighted by Gasteiger charge is 2.30. The molecule has 2 heterocycles. The lowest BCUT2D eigenvalue weighted by Gasteiger charge is -2.34. The number of pyridine rings is 1. The molecule has 134 valence electrons. The number of nitrogens with zero attached hydrogens (tertiary/aromatic N) is 4. The molecule has 1 amide bonds. The average molecular weight is 391 g/mol. The molecule has 0 atom stereocenters. The van der Waals surface area contributed by atoms with Crippen molar-refractivity contribution in [3.05, 3.63) is 58.9 Å². The van der Waals surface area contributed by atoms with Gasteiger partial charge in [-0.3, -0.25) is 4.79 Å². The molecule has 1 aliphatic heterocycles. The molecular weight excluding hydrogens is 376 g/mol. The lowest BCUT2D eigenvalue weighted by atomic mass is 10.2. The van der Waals surface area contributed by atoms with Crippen molar-refractivity contribution >= 4 is 27.5 Å². The second-order valence-corrected chi connectivity index (χ2v) is 8.03. The summed E-state index contributed by atoms with van der Waals surface area (Å²) in [6, 6.07) is 10.9. The summed E-state index contributed by atoms with van der Waals surface area (Å²) >= 11 is 5.72. The van der Waals surface area contributed by atoms with Crippen LogP contribution in [0.3, 0.4) is 0 Å². The summed E-state index contributed by atoms with van der Waals surface area (Å²) in [4.78, 5) is 18.1. The predicted molar refractivity (Wildman–Crippen MR) is 95.1 cm³/mol. The number of hydrogen-bond donors (Lipinski definition) is 0. The first-order chi connectivity index (χ1) is 12.4. The smallest absolute Gasteiger partial charge is 0.255 e. The van der Waals surface area contributed by atoms with E-state index in [-0.39, 0.29) is 37.0 Å². The topological polar surface area (TPSA) is 94.4 Å². The fourth-order valence-corrected chi connectivity index (χ4v) is 4.20. The fraction of sp³-hybridized carbons (Fsp3) is 0.235. The molecule has 0 N–H and O–H groups in total. The summed E-state index contributed by atoms with van der Waals surface area (Å²) in [6.45, 7) is 0.984. The van der Waals surface area contributed by atoms with Crippen molar-refractivity contribution in [3.63, 3.8) is 0 Å². The lowest BCUT2D eigenvalue weighted by molar-refractivity contribution is 0.0697. The van der Waals surface area contributed by atoms with E-state index in [1.807, 2.05) is 6.07 Å². The number of carbonyl (C=O) groups excluding carboxylic acids is 1. The summed E-state index contributed by atoms with van der Waals surface area (Å²) in [5.41, 5.74) is 0.814. The van der Waals surface area contributed by atoms with Gasteiger partial charge >= 0.3 is 0 Å². The minimum atomic E-state index is -3.65. The van der Waals surface area contributed by atoms with Crippen molar-refractivity contribution in [2.24, 2.45) is 0 Å². The van der Waals surface area contributed by atoms with E-state index >= 15 is 0 Å². The summed E-state index contributed by atoms with van der Waals surface area (Å²) < 4.78 is 26.7. The van der Waals surface area contributed by atoms with E-state index in [0.717, 1.165) is 0 Å². The fourth-order valence-electron chi connectivity index (χ4n) is 2.67. The molecule has 26 heavy (non-hydrogen) atoms. The van der Waals surface area contributed by atoms with Crippen LogP contribution in [0.4, 0.5) is 0 Å². The van der Waals surface area contributed by atoms with Gasteiger partial charge in [0, 0.05) is 32.4 Å². The van der Waals surface area contributed by atoms with Crippen LogP contribution in [-0.2, 0) is 10.0 Å². The predicted octanol–water partition coefficient (Wildman–Crippen LogP) is 1.75. The van der Waals surface area contributed by atoms with Gasteiger partial charge in [0.1, 0.15) is 5.15 Å². The lowest BCUT2D eigenvalue weighted by Crippen LogP contribution is -2.50. The highest BCUT2D eigenvalue weighted by Crippen LogP contribution is 2.19. The van der Waals surface area contributed by atoms with Crippen LogP contribution in [0, 0.1) is 11.3 Å². The number of carbonyl (C=O) groups is 1. The van der Waals surface area contributed by atoms with Crippen molar-refractivity contribution in [2.45, 2.75) is 4.90 Å². The van der Waals surface area contributed by atoms with Crippen LogP contribution in [0.15, 0.2) is 47.5 Å². The van der Waals surface area contributed by atoms with Crippen LogP contribution in [0.2, 0.25) is 5.15 Å². The summed E-state index contributed by atoms with van der Waals surface area (Å²) in [6.07, 6.45) is 1.41. The van der Waals surface area contributed by atoms with Crippen molar-refractivity contribution in [2.75, 3.05) is 26.2 Å². The first-order valence-corrected chi connectivity index (χ1v) is 9.65. The molecule has 1 aromatic carbocycles. The molecule has 0 bridgehead atoms. The Labute approximate surface area is 156 Å². The van der Waals surface area contributed by atoms with Crippen molar-refractivity contribution in [1.29, 1.82) is 5.26 Å². The zero-order chi connectivity index (χ0) is 18.7. The molecular formula is C17H15ClN4O3S. The number of piperazine rings is 1. The molecule has 0 unspecified atom stereocenters. The van der Waals surface area contributed by atoms with Crippen LogP contribution >= 0.6 is 11.6 Å². The highest BCUT2D eigenvalue weighted by molar-refractivity contribution is 7.89. The Bertz CT molecular complexity index is 945. The van der Waals surface area contributed by atoms with Crippen LogP contribution in [0.1, 0.15) is 15.9 Å². The van der Waals surface area contributed by atoms with Gasteiger partial charge in [-0.2, -0.15) is 9.57 Å². The Morgan fingerprint density at radius 1 is 1.08 bits per heavy atom. The normalized spacial score (nSPS) is 15.5. The zero-order valence-electron chi connectivity index (χ0n) is 13.7. The average Bonchev–Trinajstić information content (AvgIpc) is 2.68. The largest absolute Gasteiger partial charge is 0.336 e. The quantitative estimate of drug-likeness (QED) is 0.744. The van der Waals surface area contributed by atoms with Gasteiger partial charge in [0.15, 0.2) is 0 Å². The molecule has 0 spiro atoms. The molecule has 1 aliphatic rings. The van der Waals surface area contributed by atoms with E-state index in [0.29, 0.717) is 16.3 Å². The Morgan fingerprint density at radius 2 is 1.73 bits per heavy atom. The van der Waals surface area contributed by atoms with Gasteiger partial charge in [0.25, 0.3) is 5.91 Å². The molecule has 0 radical (unpaired) electrons. The van der Waals surface area contributed by atoms with Crippen molar-refractivity contribution < 1.29 is 13.2 Å². The maximum absolute atomic E-state index is 12.7. The van der Waals surface area contributed by atoms with Crippen LogP contribution in [-0.4, -0.2) is 54.7 Å². The summed E-state index contributed by atoms with van der Waals surface area (Å²) in [7, 11) is -3.65. The third kappa shape index (κ3) is 3.70. The molecule has 1 fully saturated rings. The SMILES string of the molecule is N#Cc1ccc(S(=O)(=O)N2CCN(C(=O)c3ccc(Cl)nc3)CC2)cc1. The van der Waals surface area contributed by atoms with Crippen LogP contribution in [0.25, 0.3) is 0 Å². The molecule has 9 heteroatoms. The van der Waals surface area contributed by atoms with Gasteiger partial charge in [0.2, 0.25) is 10.0 Å². The van der Waals surface area contributed by atoms with E-state index in [1.165, 1.54) is 34.8 Å². The van der Waals surface area contributed by atoms with E-state index < -0.39 is 10.0 Å². The van der Waals surface area contributed by atoms with Crippen molar-refractivity contribution in [1.82, 2.24) is 14.2 Å². The Morgan fingerprint density at radius 3 is 2.27 bits per heavy atom. The summed E-state index contributed by atoms with van der Waals surface area (Å²) in [5.74, 6) is -0.204. The number of rotatable bonds is 3. The first kappa shape index (κ1) is 18.3. The third-order valence-corrected chi connectivity index (χ3v) is 6.26. The maximum atomic E-state index is 12.7. The Balaban J connectivity index is 1.68. The van der Waals surface area contributed by atoms with E-state index in [1.54, 1.807) is 17.0 Å². The molecule has 0 saturated carbocycles. The Hall–Kier alpha value is -2.47. The number of hydrogen-bond acceptors (Lipinski definition) is 5. The van der Waals surface area contributed by atoms with E-state index in [4.69, 9.17) is 16.9 Å². The number of halogens is 1. The number of benzene rings is 1. The monoisotopic (exact) mass is 390 g/mol. The minimum absolute atomic E-state index is 0.137. The zero-order valence-corrected chi connectivity index (χ0v) is 15.2. The second-order valence-electron chi connectivity index (χ2n) is 5.70. The summed E-state index contributed by atoms with van der Waals surface area (Å²) in [5, 5.41) is 9.12. The standard InChI is InChI=1S/C17H15ClN4O3S/c18-16-6-3-14(12-20-16)17(23)21-7-9-22(10-8-21)26(24,25)15-4-1-13(11-19)2-5-15/h1-6,12H,7-10H2. The number of amides is 1. The molecule has 7 nitrogen and oxygen atoms in total. The maximum Gasteiger partial charge on any atom is 0.255 e. The van der Waals surface area contributed by atoms with Gasteiger partial charge < -0.3 is 4.90 Å². The van der Waals surface area contributed by atoms with Gasteiger partial charge in [-0.1, -0.05) is 11.6 Å². The molecule has 1 saturated heterocycles. The second kappa shape index (κ2) is 7.41. The number of nitriles is 1. The Kier molecular flexibility index (Phi) is 5.23. The molecule has 2 aromatic rings. The van der Waals surface area contributed by atoms with Gasteiger partial charge in [-0.15, -0.1) is 0 Å². The first-order valence-electron chi connectivity index (χ1n) is 7.83. The molecule has 3 rings (SSSR count). The van der Waals surface area contributed by atoms with Crippen LogP contribution < -0.4 is 0 Å². The number of aromatic nitrogens is 1. The van der Waals surface area contributed by atoms with Gasteiger partial charge in [-0.05, 0) is 36.4 Å². The third-order valence-electron chi connectivity index (χ3n) is 4.12. The van der Waals surface area contributed by atoms with Gasteiger partial charge in [-0.25, -0.2) is 13.4 Å². The molecule has 0 aliphatic carbocycles. The number of sulfonamides is 1. The van der Waals surface area contributed by atoms with E-state index in [9.17, 15) is 13.2 Å².